The molecule has 0 bridgehead atoms. The molecule has 1 aromatic carbocycles. The van der Waals surface area contributed by atoms with Crippen LogP contribution in [0.5, 0.6) is 0 Å². The third kappa shape index (κ3) is 5.35. The minimum atomic E-state index is -0.213. The van der Waals surface area contributed by atoms with Crippen LogP contribution in [0.1, 0.15) is 17.5 Å². The Bertz CT molecular complexity index is 732. The summed E-state index contributed by atoms with van der Waals surface area (Å²) in [7, 11) is 3.34. The van der Waals surface area contributed by atoms with Gasteiger partial charge in [0.05, 0.1) is 0 Å². The Morgan fingerprint density at radius 3 is 2.62 bits per heavy atom. The van der Waals surface area contributed by atoms with E-state index >= 15 is 0 Å². The molecule has 1 aromatic heterocycles. The topological polar surface area (TPSA) is 80.1 Å². The smallest absolute Gasteiger partial charge is 0.248 e. The number of aryl methyl sites for hydroxylation is 1. The standard InChI is InChI=1S/C17H21N5O2/c1-13-7-9-14(10-8-13)5-4-6-15(23)19-17-18-12-22(20-17)11-16(24)21(2)3/h4-5,7-10,12H,6,11H2,1-3H3,(H,19,20,23). The van der Waals surface area contributed by atoms with Crippen molar-refractivity contribution in [2.75, 3.05) is 19.4 Å². The summed E-state index contributed by atoms with van der Waals surface area (Å²) < 4.78 is 1.39. The molecule has 7 heteroatoms. The molecule has 0 radical (unpaired) electrons. The summed E-state index contributed by atoms with van der Waals surface area (Å²) in [5, 5.41) is 6.65. The molecule has 0 saturated heterocycles. The van der Waals surface area contributed by atoms with E-state index in [9.17, 15) is 9.59 Å². The average molecular weight is 327 g/mol. The normalized spacial score (nSPS) is 10.8. The van der Waals surface area contributed by atoms with E-state index in [1.165, 1.54) is 21.5 Å². The average Bonchev–Trinajstić information content (AvgIpc) is 2.96. The fraction of sp³-hybridized carbons (Fsp3) is 0.294. The van der Waals surface area contributed by atoms with Gasteiger partial charge in [-0.25, -0.2) is 9.67 Å². The third-order valence-corrected chi connectivity index (χ3v) is 3.27. The van der Waals surface area contributed by atoms with E-state index in [0.717, 1.165) is 5.56 Å². The maximum Gasteiger partial charge on any atom is 0.248 e. The lowest BCUT2D eigenvalue weighted by atomic mass is 10.1. The van der Waals surface area contributed by atoms with E-state index in [4.69, 9.17) is 0 Å². The second-order valence-corrected chi connectivity index (χ2v) is 5.62. The molecule has 0 saturated carbocycles. The predicted molar refractivity (Wildman–Crippen MR) is 92.2 cm³/mol. The van der Waals surface area contributed by atoms with Gasteiger partial charge < -0.3 is 4.90 Å². The Morgan fingerprint density at radius 2 is 1.96 bits per heavy atom. The first kappa shape index (κ1) is 17.4. The molecule has 0 fully saturated rings. The van der Waals surface area contributed by atoms with Crippen LogP contribution in [0.4, 0.5) is 5.95 Å². The van der Waals surface area contributed by atoms with Crippen molar-refractivity contribution in [3.63, 3.8) is 0 Å². The molecule has 126 valence electrons. The van der Waals surface area contributed by atoms with Gasteiger partial charge in [0.1, 0.15) is 12.9 Å². The van der Waals surface area contributed by atoms with Crippen LogP contribution in [-0.4, -0.2) is 45.6 Å². The number of benzene rings is 1. The van der Waals surface area contributed by atoms with Crippen LogP contribution in [0.15, 0.2) is 36.7 Å². The van der Waals surface area contributed by atoms with E-state index in [0.29, 0.717) is 0 Å². The Labute approximate surface area is 141 Å². The molecule has 2 amide bonds. The molecule has 2 rings (SSSR count). The molecule has 0 aliphatic heterocycles. The minimum absolute atomic E-state index is 0.0865. The molecule has 2 aromatic rings. The van der Waals surface area contributed by atoms with Crippen molar-refractivity contribution in [3.8, 4) is 0 Å². The molecule has 0 atom stereocenters. The first-order valence-corrected chi connectivity index (χ1v) is 7.56. The summed E-state index contributed by atoms with van der Waals surface area (Å²) >= 11 is 0. The molecule has 24 heavy (non-hydrogen) atoms. The second-order valence-electron chi connectivity index (χ2n) is 5.62. The van der Waals surface area contributed by atoms with Crippen LogP contribution in [0.25, 0.3) is 6.08 Å². The number of carbonyl (C=O) groups is 2. The summed E-state index contributed by atoms with van der Waals surface area (Å²) in [4.78, 5) is 28.9. The zero-order valence-electron chi connectivity index (χ0n) is 14.1. The van der Waals surface area contributed by atoms with Crippen molar-refractivity contribution in [3.05, 3.63) is 47.8 Å². The maximum absolute atomic E-state index is 11.9. The molecule has 0 aliphatic carbocycles. The van der Waals surface area contributed by atoms with Crippen molar-refractivity contribution in [2.45, 2.75) is 19.9 Å². The summed E-state index contributed by atoms with van der Waals surface area (Å²) in [5.74, 6) is -0.121. The van der Waals surface area contributed by atoms with Gasteiger partial charge in [-0.15, -0.1) is 5.10 Å². The largest absolute Gasteiger partial charge is 0.347 e. The summed E-state index contributed by atoms with van der Waals surface area (Å²) in [5.41, 5.74) is 2.23. The molecule has 0 aliphatic rings. The van der Waals surface area contributed by atoms with Gasteiger partial charge in [0.2, 0.25) is 17.8 Å². The molecule has 7 nitrogen and oxygen atoms in total. The van der Waals surface area contributed by atoms with Crippen LogP contribution in [0, 0.1) is 6.92 Å². The Hall–Kier alpha value is -2.96. The summed E-state index contributed by atoms with van der Waals surface area (Å²) in [6.45, 7) is 2.11. The molecular formula is C17H21N5O2. The summed E-state index contributed by atoms with van der Waals surface area (Å²) in [6, 6.07) is 8.03. The number of aromatic nitrogens is 3. The lowest BCUT2D eigenvalue weighted by Crippen LogP contribution is -2.26. The van der Waals surface area contributed by atoms with E-state index in [1.54, 1.807) is 20.2 Å². The number of likely N-dealkylation sites (N-methyl/N-ethyl adjacent to an activating group) is 1. The van der Waals surface area contributed by atoms with Gasteiger partial charge in [-0.1, -0.05) is 42.0 Å². The number of hydrogen-bond acceptors (Lipinski definition) is 4. The fourth-order valence-corrected chi connectivity index (χ4v) is 1.86. The first-order chi connectivity index (χ1) is 11.4. The van der Waals surface area contributed by atoms with Crippen molar-refractivity contribution in [2.24, 2.45) is 0 Å². The monoisotopic (exact) mass is 327 g/mol. The number of amides is 2. The van der Waals surface area contributed by atoms with Gasteiger partial charge in [-0.3, -0.25) is 14.9 Å². The van der Waals surface area contributed by atoms with Crippen molar-refractivity contribution >= 4 is 23.8 Å². The van der Waals surface area contributed by atoms with Gasteiger partial charge >= 0.3 is 0 Å². The number of carbonyl (C=O) groups excluding carboxylic acids is 2. The van der Waals surface area contributed by atoms with Crippen LogP contribution in [0.3, 0.4) is 0 Å². The minimum Gasteiger partial charge on any atom is -0.347 e. The van der Waals surface area contributed by atoms with Crippen LogP contribution >= 0.6 is 0 Å². The number of rotatable bonds is 6. The van der Waals surface area contributed by atoms with Gasteiger partial charge in [0.15, 0.2) is 0 Å². The van der Waals surface area contributed by atoms with Crippen LogP contribution in [-0.2, 0) is 16.1 Å². The molecule has 1 N–H and O–H groups in total. The molecule has 0 spiro atoms. The fourth-order valence-electron chi connectivity index (χ4n) is 1.86. The van der Waals surface area contributed by atoms with Crippen molar-refractivity contribution < 1.29 is 9.59 Å². The van der Waals surface area contributed by atoms with E-state index in [2.05, 4.69) is 15.4 Å². The van der Waals surface area contributed by atoms with Gasteiger partial charge in [0.25, 0.3) is 0 Å². The highest BCUT2D eigenvalue weighted by Crippen LogP contribution is 2.06. The first-order valence-electron chi connectivity index (χ1n) is 7.56. The highest BCUT2D eigenvalue weighted by molar-refractivity contribution is 5.90. The Balaban J connectivity index is 1.83. The number of nitrogens with one attached hydrogen (secondary N) is 1. The molecule has 1 heterocycles. The lowest BCUT2D eigenvalue weighted by Gasteiger charge is -2.08. The van der Waals surface area contributed by atoms with Gasteiger partial charge in [0, 0.05) is 20.5 Å². The quantitative estimate of drug-likeness (QED) is 0.876. The number of anilines is 1. The predicted octanol–water partition coefficient (Wildman–Crippen LogP) is 1.72. The van der Waals surface area contributed by atoms with Crippen LogP contribution in [0.2, 0.25) is 0 Å². The SMILES string of the molecule is Cc1ccc(C=CCC(=O)Nc2ncn(CC(=O)N(C)C)n2)cc1. The second kappa shape index (κ2) is 8.05. The molecule has 0 unspecified atom stereocenters. The van der Waals surface area contributed by atoms with E-state index < -0.39 is 0 Å². The van der Waals surface area contributed by atoms with Crippen LogP contribution < -0.4 is 5.32 Å². The molecular weight excluding hydrogens is 306 g/mol. The third-order valence-electron chi connectivity index (χ3n) is 3.27. The number of nitrogens with zero attached hydrogens (tertiary/aromatic N) is 4. The zero-order chi connectivity index (χ0) is 17.5. The van der Waals surface area contributed by atoms with E-state index in [-0.39, 0.29) is 30.7 Å². The maximum atomic E-state index is 11.9. The highest BCUT2D eigenvalue weighted by Gasteiger charge is 2.09. The Morgan fingerprint density at radius 1 is 1.25 bits per heavy atom. The zero-order valence-corrected chi connectivity index (χ0v) is 14.1. The number of hydrogen-bond donors (Lipinski definition) is 1. The summed E-state index contributed by atoms with van der Waals surface area (Å²) in [6.07, 6.45) is 5.31. The highest BCUT2D eigenvalue weighted by atomic mass is 16.2. The van der Waals surface area contributed by atoms with Gasteiger partial charge in [-0.05, 0) is 12.5 Å². The van der Waals surface area contributed by atoms with E-state index in [1.807, 2.05) is 37.3 Å². The van der Waals surface area contributed by atoms with Gasteiger partial charge in [-0.2, -0.15) is 0 Å². The van der Waals surface area contributed by atoms with Crippen molar-refractivity contribution in [1.82, 2.24) is 19.7 Å². The lowest BCUT2D eigenvalue weighted by molar-refractivity contribution is -0.129. The van der Waals surface area contributed by atoms with Crippen molar-refractivity contribution in [1.29, 1.82) is 0 Å². The Kier molecular flexibility index (Phi) is 5.83.